The molecular formula is C30H30FN5OS. The van der Waals surface area contributed by atoms with Crippen molar-refractivity contribution in [2.75, 3.05) is 36.0 Å². The summed E-state index contributed by atoms with van der Waals surface area (Å²) in [6.07, 6.45) is 13.5. The summed E-state index contributed by atoms with van der Waals surface area (Å²) in [5.41, 5.74) is 4.58. The van der Waals surface area contributed by atoms with E-state index in [4.69, 9.17) is 4.98 Å². The number of amides is 1. The number of aromatic nitrogens is 3. The van der Waals surface area contributed by atoms with Crippen LogP contribution in [0.2, 0.25) is 0 Å². The SMILES string of the molecule is O=C(c1cnc(N2CCSCC2)nc1-c1ccccc1F)N(CC1=CC(c2ccncc2)=CCC1)C1CC1. The molecule has 1 aliphatic heterocycles. The molecule has 1 amide bonds. The third kappa shape index (κ3) is 5.36. The molecule has 3 aromatic rings. The number of thioether (sulfide) groups is 1. The molecule has 1 aromatic carbocycles. The number of carbonyl (C=O) groups excluding carboxylic acids is 1. The van der Waals surface area contributed by atoms with Crippen molar-refractivity contribution in [3.63, 3.8) is 0 Å². The van der Waals surface area contributed by atoms with Gasteiger partial charge in [0.05, 0.1) is 11.3 Å². The number of nitrogens with zero attached hydrogens (tertiary/aromatic N) is 5. The fourth-order valence-corrected chi connectivity index (χ4v) is 5.97. The van der Waals surface area contributed by atoms with Gasteiger partial charge in [0.25, 0.3) is 5.91 Å². The second-order valence-electron chi connectivity index (χ2n) is 9.91. The molecule has 0 radical (unpaired) electrons. The fourth-order valence-electron chi connectivity index (χ4n) is 5.06. The van der Waals surface area contributed by atoms with E-state index in [2.05, 4.69) is 27.0 Å². The Morgan fingerprint density at radius 3 is 2.66 bits per heavy atom. The predicted octanol–water partition coefficient (Wildman–Crippen LogP) is 5.64. The van der Waals surface area contributed by atoms with Gasteiger partial charge >= 0.3 is 0 Å². The van der Waals surface area contributed by atoms with Crippen LogP contribution < -0.4 is 4.90 Å². The average Bonchev–Trinajstić information content (AvgIpc) is 3.82. The van der Waals surface area contributed by atoms with Gasteiger partial charge < -0.3 is 9.80 Å². The Labute approximate surface area is 226 Å². The maximum atomic E-state index is 15.0. The van der Waals surface area contributed by atoms with Crippen LogP contribution in [-0.4, -0.2) is 62.9 Å². The Bertz CT molecular complexity index is 1380. The molecule has 1 saturated heterocycles. The number of rotatable bonds is 7. The highest BCUT2D eigenvalue weighted by Gasteiger charge is 2.35. The summed E-state index contributed by atoms with van der Waals surface area (Å²) >= 11 is 1.90. The van der Waals surface area contributed by atoms with Gasteiger partial charge in [-0.1, -0.05) is 24.3 Å². The topological polar surface area (TPSA) is 62.2 Å². The van der Waals surface area contributed by atoms with Crippen molar-refractivity contribution >= 4 is 29.2 Å². The van der Waals surface area contributed by atoms with Crippen LogP contribution in [-0.2, 0) is 0 Å². The van der Waals surface area contributed by atoms with E-state index in [0.717, 1.165) is 61.4 Å². The predicted molar refractivity (Wildman–Crippen MR) is 151 cm³/mol. The molecule has 2 aliphatic carbocycles. The van der Waals surface area contributed by atoms with Crippen molar-refractivity contribution in [2.45, 2.75) is 31.7 Å². The Morgan fingerprint density at radius 2 is 1.89 bits per heavy atom. The molecule has 1 saturated carbocycles. The third-order valence-corrected chi connectivity index (χ3v) is 8.20. The standard InChI is InChI=1S/C30H30FN5OS/c31-27-7-2-1-6-25(27)28-26(19-33-30(34-28)35-14-16-38-17-15-35)29(37)36(24-8-9-24)20-21-4-3-5-23(18-21)22-10-12-32-13-11-22/h1-2,5-7,10-13,18-19,24H,3-4,8-9,14-17,20H2. The van der Waals surface area contributed by atoms with E-state index in [9.17, 15) is 4.79 Å². The third-order valence-electron chi connectivity index (χ3n) is 7.25. The van der Waals surface area contributed by atoms with Crippen molar-refractivity contribution in [2.24, 2.45) is 0 Å². The molecule has 194 valence electrons. The lowest BCUT2D eigenvalue weighted by Crippen LogP contribution is -2.36. The molecule has 3 aliphatic rings. The van der Waals surface area contributed by atoms with E-state index in [-0.39, 0.29) is 17.8 Å². The summed E-state index contributed by atoms with van der Waals surface area (Å²) in [6, 6.07) is 10.8. The molecule has 38 heavy (non-hydrogen) atoms. The number of benzene rings is 1. The zero-order valence-corrected chi connectivity index (χ0v) is 22.0. The lowest BCUT2D eigenvalue weighted by atomic mass is 9.94. The fraction of sp³-hybridized carbons (Fsp3) is 0.333. The highest BCUT2D eigenvalue weighted by atomic mass is 32.2. The molecule has 3 heterocycles. The Balaban J connectivity index is 1.33. The first-order valence-electron chi connectivity index (χ1n) is 13.2. The van der Waals surface area contributed by atoms with Gasteiger partial charge in [-0.3, -0.25) is 9.78 Å². The first kappa shape index (κ1) is 24.8. The molecule has 0 atom stereocenters. The van der Waals surface area contributed by atoms with Gasteiger partial charge in [0.15, 0.2) is 0 Å². The molecule has 0 N–H and O–H groups in total. The zero-order valence-electron chi connectivity index (χ0n) is 21.2. The van der Waals surface area contributed by atoms with Crippen molar-refractivity contribution in [1.82, 2.24) is 19.9 Å². The van der Waals surface area contributed by atoms with Crippen LogP contribution in [0.4, 0.5) is 10.3 Å². The van der Waals surface area contributed by atoms with E-state index in [1.165, 1.54) is 11.6 Å². The number of anilines is 1. The number of hydrogen-bond acceptors (Lipinski definition) is 6. The van der Waals surface area contributed by atoms with Gasteiger partial charge in [-0.15, -0.1) is 0 Å². The van der Waals surface area contributed by atoms with Gasteiger partial charge in [0, 0.05) is 61.3 Å². The van der Waals surface area contributed by atoms with Gasteiger partial charge in [-0.05, 0) is 66.7 Å². The van der Waals surface area contributed by atoms with Crippen LogP contribution in [0.1, 0.15) is 41.6 Å². The minimum atomic E-state index is -0.388. The highest BCUT2D eigenvalue weighted by Crippen LogP contribution is 2.34. The van der Waals surface area contributed by atoms with Crippen molar-refractivity contribution in [3.8, 4) is 11.3 Å². The summed E-state index contributed by atoms with van der Waals surface area (Å²) in [4.78, 5) is 31.7. The van der Waals surface area contributed by atoms with E-state index in [1.807, 2.05) is 28.8 Å². The second-order valence-corrected chi connectivity index (χ2v) is 11.1. The Hall–Kier alpha value is -3.52. The maximum Gasteiger partial charge on any atom is 0.258 e. The van der Waals surface area contributed by atoms with Crippen molar-refractivity contribution in [1.29, 1.82) is 0 Å². The smallest absolute Gasteiger partial charge is 0.258 e. The quantitative estimate of drug-likeness (QED) is 0.396. The molecule has 6 nitrogen and oxygen atoms in total. The maximum absolute atomic E-state index is 15.0. The molecule has 8 heteroatoms. The molecular weight excluding hydrogens is 497 g/mol. The van der Waals surface area contributed by atoms with Crippen LogP contribution in [0.15, 0.2) is 72.7 Å². The van der Waals surface area contributed by atoms with E-state index >= 15 is 4.39 Å². The van der Waals surface area contributed by atoms with Crippen molar-refractivity contribution < 1.29 is 9.18 Å². The molecule has 0 spiro atoms. The minimum Gasteiger partial charge on any atom is -0.339 e. The number of carbonyl (C=O) groups is 1. The van der Waals surface area contributed by atoms with Gasteiger partial charge in [-0.25, -0.2) is 14.4 Å². The number of hydrogen-bond donors (Lipinski definition) is 0. The summed E-state index contributed by atoms with van der Waals surface area (Å²) in [5, 5.41) is 0. The highest BCUT2D eigenvalue weighted by molar-refractivity contribution is 7.99. The number of halogens is 1. The first-order valence-corrected chi connectivity index (χ1v) is 14.4. The first-order chi connectivity index (χ1) is 18.7. The number of pyridine rings is 1. The van der Waals surface area contributed by atoms with Crippen LogP contribution in [0.5, 0.6) is 0 Å². The van der Waals surface area contributed by atoms with Crippen LogP contribution >= 0.6 is 11.8 Å². The number of allylic oxidation sites excluding steroid dienone is 3. The summed E-state index contributed by atoms with van der Waals surface area (Å²) in [5.74, 6) is 2.03. The van der Waals surface area contributed by atoms with Crippen LogP contribution in [0.3, 0.4) is 0 Å². The van der Waals surface area contributed by atoms with E-state index in [0.29, 0.717) is 29.3 Å². The Kier molecular flexibility index (Phi) is 7.22. The largest absolute Gasteiger partial charge is 0.339 e. The molecule has 2 fully saturated rings. The minimum absolute atomic E-state index is 0.132. The average molecular weight is 528 g/mol. The van der Waals surface area contributed by atoms with Gasteiger partial charge in [-0.2, -0.15) is 11.8 Å². The van der Waals surface area contributed by atoms with Gasteiger partial charge in [0.1, 0.15) is 5.82 Å². The van der Waals surface area contributed by atoms with Crippen molar-refractivity contribution in [3.05, 3.63) is 89.7 Å². The summed E-state index contributed by atoms with van der Waals surface area (Å²) < 4.78 is 15.0. The van der Waals surface area contributed by atoms with E-state index < -0.39 is 0 Å². The zero-order chi connectivity index (χ0) is 25.9. The molecule has 0 bridgehead atoms. The monoisotopic (exact) mass is 527 g/mol. The van der Waals surface area contributed by atoms with Crippen LogP contribution in [0.25, 0.3) is 16.8 Å². The second kappa shape index (κ2) is 11.1. The van der Waals surface area contributed by atoms with E-state index in [1.54, 1.807) is 36.8 Å². The molecule has 2 aromatic heterocycles. The summed E-state index contributed by atoms with van der Waals surface area (Å²) in [6.45, 7) is 2.22. The van der Waals surface area contributed by atoms with Gasteiger partial charge in [0.2, 0.25) is 5.95 Å². The lowest BCUT2D eigenvalue weighted by Gasteiger charge is -2.28. The summed E-state index contributed by atoms with van der Waals surface area (Å²) in [7, 11) is 0. The Morgan fingerprint density at radius 1 is 1.11 bits per heavy atom. The molecule has 0 unspecified atom stereocenters. The normalized spacial score (nSPS) is 17.6. The lowest BCUT2D eigenvalue weighted by molar-refractivity contribution is 0.0757. The van der Waals surface area contributed by atoms with Crippen LogP contribution in [0, 0.1) is 5.82 Å². The molecule has 6 rings (SSSR count).